The van der Waals surface area contributed by atoms with Crippen molar-refractivity contribution in [3.63, 3.8) is 0 Å². The summed E-state index contributed by atoms with van der Waals surface area (Å²) < 4.78 is 27.9. The number of aromatic carboxylic acids is 1. The Hall–Kier alpha value is -1.63. The first kappa shape index (κ1) is 13.4. The van der Waals surface area contributed by atoms with E-state index in [1.54, 1.807) is 0 Å². The molecule has 1 rings (SSSR count). The second-order valence-electron chi connectivity index (χ2n) is 3.62. The molecule has 0 saturated carbocycles. The van der Waals surface area contributed by atoms with Gasteiger partial charge in [-0.3, -0.25) is 4.79 Å². The van der Waals surface area contributed by atoms with Gasteiger partial charge in [-0.25, -0.2) is 13.2 Å². The molecule has 0 unspecified atom stereocenters. The minimum atomic E-state index is -3.45. The zero-order valence-electron chi connectivity index (χ0n) is 9.17. The fourth-order valence-electron chi connectivity index (χ4n) is 1.16. The Morgan fingerprint density at radius 2 is 2.00 bits per heavy atom. The molecule has 1 N–H and O–H groups in total. The van der Waals surface area contributed by atoms with Gasteiger partial charge in [0.15, 0.2) is 9.84 Å². The zero-order valence-corrected chi connectivity index (χ0v) is 9.99. The van der Waals surface area contributed by atoms with Crippen LogP contribution in [0.15, 0.2) is 16.5 Å². The molecule has 0 aliphatic carbocycles. The molecule has 1 heterocycles. The third-order valence-corrected chi connectivity index (χ3v) is 3.55. The third kappa shape index (κ3) is 4.39. The van der Waals surface area contributed by atoms with Gasteiger partial charge in [0.25, 0.3) is 0 Å². The predicted molar refractivity (Wildman–Crippen MR) is 58.5 cm³/mol. The number of ketones is 1. The second-order valence-corrected chi connectivity index (χ2v) is 5.80. The van der Waals surface area contributed by atoms with Crippen LogP contribution in [-0.2, 0) is 20.4 Å². The van der Waals surface area contributed by atoms with Gasteiger partial charge in [-0.1, -0.05) is 0 Å². The predicted octanol–water partition coefficient (Wildman–Crippen LogP) is 0.872. The van der Waals surface area contributed by atoms with E-state index in [2.05, 4.69) is 0 Å². The van der Waals surface area contributed by atoms with Crippen molar-refractivity contribution in [2.24, 2.45) is 0 Å². The van der Waals surface area contributed by atoms with E-state index in [0.717, 1.165) is 0 Å². The van der Waals surface area contributed by atoms with Crippen LogP contribution in [0.3, 0.4) is 0 Å². The topological polar surface area (TPSA) is 102 Å². The number of sulfone groups is 1. The number of hydrogen-bond acceptors (Lipinski definition) is 5. The SMILES string of the molecule is CC(=O)CCS(=O)(=O)Cc1ccc(C(=O)O)o1. The largest absolute Gasteiger partial charge is 0.475 e. The zero-order chi connectivity index (χ0) is 13.1. The van der Waals surface area contributed by atoms with Gasteiger partial charge >= 0.3 is 5.97 Å². The fraction of sp³-hybridized carbons (Fsp3) is 0.400. The van der Waals surface area contributed by atoms with Gasteiger partial charge in [0.05, 0.1) is 5.75 Å². The number of hydrogen-bond donors (Lipinski definition) is 1. The van der Waals surface area contributed by atoms with Crippen LogP contribution in [0.2, 0.25) is 0 Å². The maximum absolute atomic E-state index is 11.5. The van der Waals surface area contributed by atoms with E-state index in [4.69, 9.17) is 9.52 Å². The molecule has 0 aromatic carbocycles. The van der Waals surface area contributed by atoms with Gasteiger partial charge in [0.2, 0.25) is 5.76 Å². The average molecular weight is 260 g/mol. The van der Waals surface area contributed by atoms with Crippen LogP contribution >= 0.6 is 0 Å². The Bertz CT molecular complexity index is 525. The second kappa shape index (κ2) is 5.13. The highest BCUT2D eigenvalue weighted by molar-refractivity contribution is 7.90. The van der Waals surface area contributed by atoms with Gasteiger partial charge in [-0.2, -0.15) is 0 Å². The number of rotatable bonds is 6. The molecule has 1 aromatic rings. The van der Waals surface area contributed by atoms with Crippen LogP contribution in [0.5, 0.6) is 0 Å². The summed E-state index contributed by atoms with van der Waals surface area (Å²) in [5.74, 6) is -2.36. The van der Waals surface area contributed by atoms with E-state index < -0.39 is 21.6 Å². The number of carboxylic acids is 1. The maximum Gasteiger partial charge on any atom is 0.371 e. The van der Waals surface area contributed by atoms with Crippen molar-refractivity contribution in [2.75, 3.05) is 5.75 Å². The molecule has 17 heavy (non-hydrogen) atoms. The van der Waals surface area contributed by atoms with Crippen LogP contribution in [0, 0.1) is 0 Å². The first-order valence-corrected chi connectivity index (χ1v) is 6.64. The minimum Gasteiger partial charge on any atom is -0.475 e. The maximum atomic E-state index is 11.5. The lowest BCUT2D eigenvalue weighted by Crippen LogP contribution is -2.11. The Balaban J connectivity index is 2.69. The molecule has 0 amide bonds. The summed E-state index contributed by atoms with van der Waals surface area (Å²) in [6.45, 7) is 1.31. The number of carbonyl (C=O) groups excluding carboxylic acids is 1. The van der Waals surface area contributed by atoms with Crippen LogP contribution in [0.25, 0.3) is 0 Å². The minimum absolute atomic E-state index is 0.0468. The highest BCUT2D eigenvalue weighted by Crippen LogP contribution is 2.12. The monoisotopic (exact) mass is 260 g/mol. The molecule has 0 spiro atoms. The Labute approximate surface area is 98.2 Å². The van der Waals surface area contributed by atoms with E-state index in [0.29, 0.717) is 0 Å². The van der Waals surface area contributed by atoms with Crippen molar-refractivity contribution < 1.29 is 27.5 Å². The standard InChI is InChI=1S/C10H12O6S/c1-7(11)4-5-17(14,15)6-8-2-3-9(16-8)10(12)13/h2-3H,4-6H2,1H3,(H,12,13). The van der Waals surface area contributed by atoms with Crippen molar-refractivity contribution >= 4 is 21.6 Å². The molecule has 0 aliphatic rings. The van der Waals surface area contributed by atoms with Crippen molar-refractivity contribution in [3.05, 3.63) is 23.7 Å². The smallest absolute Gasteiger partial charge is 0.371 e. The van der Waals surface area contributed by atoms with Crippen molar-refractivity contribution in [1.82, 2.24) is 0 Å². The number of furan rings is 1. The molecule has 0 fully saturated rings. The molecule has 0 bridgehead atoms. The highest BCUT2D eigenvalue weighted by atomic mass is 32.2. The van der Waals surface area contributed by atoms with Crippen LogP contribution in [0.4, 0.5) is 0 Å². The summed E-state index contributed by atoms with van der Waals surface area (Å²) in [6, 6.07) is 2.49. The van der Waals surface area contributed by atoms with Gasteiger partial charge in [0.1, 0.15) is 17.3 Å². The molecule has 7 heteroatoms. The molecule has 1 aromatic heterocycles. The molecular formula is C10H12O6S. The molecular weight excluding hydrogens is 248 g/mol. The van der Waals surface area contributed by atoms with Crippen LogP contribution < -0.4 is 0 Å². The molecule has 0 aliphatic heterocycles. The number of carboxylic acid groups (broad SMARTS) is 1. The summed E-state index contributed by atoms with van der Waals surface area (Å²) >= 11 is 0. The fourth-order valence-corrected chi connectivity index (χ4v) is 2.49. The van der Waals surface area contributed by atoms with E-state index in [9.17, 15) is 18.0 Å². The Kier molecular flexibility index (Phi) is 4.06. The third-order valence-electron chi connectivity index (χ3n) is 2.00. The molecule has 0 saturated heterocycles. The number of Topliss-reactive ketones (excluding diaryl/α,β-unsaturated/α-hetero) is 1. The number of carbonyl (C=O) groups is 2. The Morgan fingerprint density at radius 1 is 1.35 bits per heavy atom. The summed E-state index contributed by atoms with van der Waals surface area (Å²) in [7, 11) is -3.45. The quantitative estimate of drug-likeness (QED) is 0.814. The molecule has 94 valence electrons. The van der Waals surface area contributed by atoms with Gasteiger partial charge in [0, 0.05) is 6.42 Å². The average Bonchev–Trinajstić information content (AvgIpc) is 2.63. The summed E-state index contributed by atoms with van der Waals surface area (Å²) in [4.78, 5) is 21.2. The lowest BCUT2D eigenvalue weighted by Gasteiger charge is -2.00. The summed E-state index contributed by atoms with van der Waals surface area (Å²) in [5, 5.41) is 8.58. The van der Waals surface area contributed by atoms with E-state index in [-0.39, 0.29) is 29.5 Å². The summed E-state index contributed by atoms with van der Waals surface area (Å²) in [5.41, 5.74) is 0. The first-order chi connectivity index (χ1) is 7.80. The molecule has 6 nitrogen and oxygen atoms in total. The van der Waals surface area contributed by atoms with Crippen LogP contribution in [0.1, 0.15) is 29.7 Å². The first-order valence-electron chi connectivity index (χ1n) is 4.82. The molecule has 0 atom stereocenters. The lowest BCUT2D eigenvalue weighted by molar-refractivity contribution is -0.116. The Morgan fingerprint density at radius 3 is 2.47 bits per heavy atom. The van der Waals surface area contributed by atoms with Crippen molar-refractivity contribution in [3.8, 4) is 0 Å². The van der Waals surface area contributed by atoms with Crippen molar-refractivity contribution in [1.29, 1.82) is 0 Å². The van der Waals surface area contributed by atoms with E-state index >= 15 is 0 Å². The van der Waals surface area contributed by atoms with Crippen molar-refractivity contribution in [2.45, 2.75) is 19.1 Å². The van der Waals surface area contributed by atoms with Gasteiger partial charge in [-0.05, 0) is 19.1 Å². The van der Waals surface area contributed by atoms with Crippen LogP contribution in [-0.4, -0.2) is 31.0 Å². The van der Waals surface area contributed by atoms with Gasteiger partial charge < -0.3 is 9.52 Å². The van der Waals surface area contributed by atoms with E-state index in [1.165, 1.54) is 19.1 Å². The van der Waals surface area contributed by atoms with Gasteiger partial charge in [-0.15, -0.1) is 0 Å². The summed E-state index contributed by atoms with van der Waals surface area (Å²) in [6.07, 6.45) is -0.0468. The molecule has 0 radical (unpaired) electrons. The highest BCUT2D eigenvalue weighted by Gasteiger charge is 2.17. The lowest BCUT2D eigenvalue weighted by atomic mass is 10.4. The van der Waals surface area contributed by atoms with E-state index in [1.807, 2.05) is 0 Å². The normalized spacial score (nSPS) is 11.4.